The molecule has 3 rings (SSSR count). The van der Waals surface area contributed by atoms with Gasteiger partial charge in [-0.2, -0.15) is 0 Å². The minimum Gasteiger partial charge on any atom is -0.344 e. The molecule has 0 bridgehead atoms. The van der Waals surface area contributed by atoms with E-state index in [4.69, 9.17) is 0 Å². The third-order valence-corrected chi connectivity index (χ3v) is 3.95. The molecule has 0 saturated carbocycles. The van der Waals surface area contributed by atoms with Crippen LogP contribution in [-0.4, -0.2) is 24.4 Å². The van der Waals surface area contributed by atoms with Gasteiger partial charge in [-0.05, 0) is 24.0 Å². The molecule has 1 atom stereocenters. The fraction of sp³-hybridized carbons (Fsp3) is 0.467. The van der Waals surface area contributed by atoms with E-state index in [1.165, 1.54) is 11.1 Å². The minimum absolute atomic E-state index is 0.0430. The molecule has 2 aliphatic rings. The summed E-state index contributed by atoms with van der Waals surface area (Å²) >= 11 is 0. The Balaban J connectivity index is 1.96. The first-order valence-corrected chi connectivity index (χ1v) is 6.92. The van der Waals surface area contributed by atoms with Gasteiger partial charge in [-0.15, -0.1) is 0 Å². The van der Waals surface area contributed by atoms with Crippen LogP contribution in [0.5, 0.6) is 0 Å². The fourth-order valence-corrected chi connectivity index (χ4v) is 3.02. The van der Waals surface area contributed by atoms with Crippen molar-refractivity contribution in [3.8, 4) is 0 Å². The second kappa shape index (κ2) is 4.68. The van der Waals surface area contributed by atoms with Gasteiger partial charge in [-0.3, -0.25) is 9.59 Å². The number of hydrogen-bond donors (Lipinski definition) is 1. The lowest BCUT2D eigenvalue weighted by molar-refractivity contribution is -0.127. The number of benzene rings is 1. The number of para-hydroxylation sites is 1. The third-order valence-electron chi connectivity index (χ3n) is 3.95. The Morgan fingerprint density at radius 1 is 1.42 bits per heavy atom. The van der Waals surface area contributed by atoms with Gasteiger partial charge in [-0.1, -0.05) is 25.1 Å². The summed E-state index contributed by atoms with van der Waals surface area (Å²) in [5.74, 6) is -0.0172. The van der Waals surface area contributed by atoms with Crippen LogP contribution in [0.2, 0.25) is 0 Å². The van der Waals surface area contributed by atoms with Crippen molar-refractivity contribution < 1.29 is 9.59 Å². The Bertz CT molecular complexity index is 539. The van der Waals surface area contributed by atoms with E-state index in [1.807, 2.05) is 11.0 Å². The van der Waals surface area contributed by atoms with Gasteiger partial charge in [0.1, 0.15) is 6.04 Å². The van der Waals surface area contributed by atoms with Gasteiger partial charge in [0.15, 0.2) is 0 Å². The topological polar surface area (TPSA) is 49.4 Å². The number of rotatable bonds is 2. The Morgan fingerprint density at radius 3 is 3.00 bits per heavy atom. The molecule has 1 unspecified atom stereocenters. The molecule has 100 valence electrons. The van der Waals surface area contributed by atoms with Gasteiger partial charge in [0, 0.05) is 19.4 Å². The normalized spacial score (nSPS) is 21.0. The fourth-order valence-electron chi connectivity index (χ4n) is 3.02. The molecular weight excluding hydrogens is 240 g/mol. The average molecular weight is 258 g/mol. The van der Waals surface area contributed by atoms with Crippen LogP contribution < -0.4 is 10.2 Å². The number of nitrogens with one attached hydrogen (secondary N) is 1. The van der Waals surface area contributed by atoms with Crippen LogP contribution in [0.4, 0.5) is 5.69 Å². The molecule has 0 fully saturated rings. The maximum absolute atomic E-state index is 12.5. The first-order chi connectivity index (χ1) is 9.20. The lowest BCUT2D eigenvalue weighted by Crippen LogP contribution is -2.54. The van der Waals surface area contributed by atoms with E-state index in [1.54, 1.807) is 6.92 Å². The Kier molecular flexibility index (Phi) is 3.01. The zero-order valence-electron chi connectivity index (χ0n) is 11.1. The van der Waals surface area contributed by atoms with Crippen molar-refractivity contribution >= 4 is 17.5 Å². The van der Waals surface area contributed by atoms with Crippen LogP contribution in [0.15, 0.2) is 18.2 Å². The van der Waals surface area contributed by atoms with Crippen molar-refractivity contribution in [2.45, 2.75) is 38.6 Å². The number of nitrogens with zero attached hydrogens (tertiary/aromatic N) is 1. The average Bonchev–Trinajstić information content (AvgIpc) is 2.44. The van der Waals surface area contributed by atoms with E-state index in [2.05, 4.69) is 17.4 Å². The van der Waals surface area contributed by atoms with Gasteiger partial charge in [0.2, 0.25) is 11.8 Å². The molecule has 4 nitrogen and oxygen atoms in total. The SMILES string of the molecule is CCC(=O)NC1Cc2cccc3c2N(CCC3)C1=O. The molecule has 2 aliphatic heterocycles. The van der Waals surface area contributed by atoms with Crippen molar-refractivity contribution in [3.05, 3.63) is 29.3 Å². The van der Waals surface area contributed by atoms with E-state index in [0.717, 1.165) is 25.1 Å². The summed E-state index contributed by atoms with van der Waals surface area (Å²) < 4.78 is 0. The lowest BCUT2D eigenvalue weighted by atomic mass is 9.89. The zero-order chi connectivity index (χ0) is 13.4. The highest BCUT2D eigenvalue weighted by Crippen LogP contribution is 2.35. The molecule has 1 N–H and O–H groups in total. The maximum Gasteiger partial charge on any atom is 0.249 e. The van der Waals surface area contributed by atoms with Gasteiger partial charge < -0.3 is 10.2 Å². The molecule has 0 aromatic heterocycles. The van der Waals surface area contributed by atoms with Crippen LogP contribution in [0.3, 0.4) is 0 Å². The Morgan fingerprint density at radius 2 is 2.21 bits per heavy atom. The van der Waals surface area contributed by atoms with Gasteiger partial charge >= 0.3 is 0 Å². The van der Waals surface area contributed by atoms with E-state index < -0.39 is 6.04 Å². The molecular formula is C15H18N2O2. The second-order valence-electron chi connectivity index (χ2n) is 5.20. The number of aryl methyl sites for hydroxylation is 1. The van der Waals surface area contributed by atoms with Gasteiger partial charge in [-0.25, -0.2) is 0 Å². The van der Waals surface area contributed by atoms with E-state index in [-0.39, 0.29) is 11.8 Å². The van der Waals surface area contributed by atoms with Crippen molar-refractivity contribution in [3.63, 3.8) is 0 Å². The third kappa shape index (κ3) is 2.01. The first-order valence-electron chi connectivity index (χ1n) is 6.92. The molecule has 19 heavy (non-hydrogen) atoms. The summed E-state index contributed by atoms with van der Waals surface area (Å²) in [4.78, 5) is 25.9. The van der Waals surface area contributed by atoms with Crippen LogP contribution in [0, 0.1) is 0 Å². The maximum atomic E-state index is 12.5. The molecule has 2 amide bonds. The molecule has 4 heteroatoms. The first kappa shape index (κ1) is 12.2. The van der Waals surface area contributed by atoms with E-state index >= 15 is 0 Å². The zero-order valence-corrected chi connectivity index (χ0v) is 11.1. The molecule has 1 aromatic rings. The van der Waals surface area contributed by atoms with Crippen LogP contribution in [0.25, 0.3) is 0 Å². The van der Waals surface area contributed by atoms with Crippen molar-refractivity contribution in [1.29, 1.82) is 0 Å². The molecule has 0 spiro atoms. The number of carbonyl (C=O) groups is 2. The Hall–Kier alpha value is -1.84. The molecule has 1 aromatic carbocycles. The summed E-state index contributed by atoms with van der Waals surface area (Å²) in [5, 5.41) is 2.84. The summed E-state index contributed by atoms with van der Waals surface area (Å²) in [7, 11) is 0. The number of amides is 2. The summed E-state index contributed by atoms with van der Waals surface area (Å²) in [6.45, 7) is 2.57. The van der Waals surface area contributed by atoms with Crippen molar-refractivity contribution in [2.75, 3.05) is 11.4 Å². The van der Waals surface area contributed by atoms with Crippen LogP contribution in [0.1, 0.15) is 30.9 Å². The van der Waals surface area contributed by atoms with E-state index in [0.29, 0.717) is 12.8 Å². The number of carbonyl (C=O) groups excluding carboxylic acids is 2. The smallest absolute Gasteiger partial charge is 0.249 e. The largest absolute Gasteiger partial charge is 0.344 e. The predicted octanol–water partition coefficient (Wildman–Crippen LogP) is 1.42. The van der Waals surface area contributed by atoms with Crippen LogP contribution in [-0.2, 0) is 22.4 Å². The quantitative estimate of drug-likeness (QED) is 0.872. The lowest BCUT2D eigenvalue weighted by Gasteiger charge is -2.38. The highest BCUT2D eigenvalue weighted by atomic mass is 16.2. The summed E-state index contributed by atoms with van der Waals surface area (Å²) in [5.41, 5.74) is 3.54. The second-order valence-corrected chi connectivity index (χ2v) is 5.20. The molecule has 2 heterocycles. The molecule has 0 radical (unpaired) electrons. The minimum atomic E-state index is -0.395. The summed E-state index contributed by atoms with van der Waals surface area (Å²) in [6.07, 6.45) is 3.07. The van der Waals surface area contributed by atoms with Gasteiger partial charge in [0.05, 0.1) is 5.69 Å². The number of hydrogen-bond acceptors (Lipinski definition) is 2. The van der Waals surface area contributed by atoms with Crippen molar-refractivity contribution in [1.82, 2.24) is 5.32 Å². The monoisotopic (exact) mass is 258 g/mol. The molecule has 0 aliphatic carbocycles. The van der Waals surface area contributed by atoms with Crippen molar-refractivity contribution in [2.24, 2.45) is 0 Å². The van der Waals surface area contributed by atoms with Gasteiger partial charge in [0.25, 0.3) is 0 Å². The van der Waals surface area contributed by atoms with E-state index in [9.17, 15) is 9.59 Å². The number of anilines is 1. The Labute approximate surface area is 112 Å². The predicted molar refractivity (Wildman–Crippen MR) is 73.0 cm³/mol. The highest BCUT2D eigenvalue weighted by Gasteiger charge is 2.36. The standard InChI is InChI=1S/C15H18N2O2/c1-2-13(18)16-12-9-11-6-3-5-10-7-4-8-17(14(10)11)15(12)19/h3,5-6,12H,2,4,7-9H2,1H3,(H,16,18). The molecule has 0 saturated heterocycles. The van der Waals surface area contributed by atoms with Crippen LogP contribution >= 0.6 is 0 Å². The summed E-state index contributed by atoms with van der Waals surface area (Å²) in [6, 6.07) is 5.82. The highest BCUT2D eigenvalue weighted by molar-refractivity contribution is 6.03.